The van der Waals surface area contributed by atoms with Crippen LogP contribution in [-0.4, -0.2) is 17.7 Å². The van der Waals surface area contributed by atoms with E-state index in [4.69, 9.17) is 14.5 Å². The Morgan fingerprint density at radius 1 is 1.07 bits per heavy atom. The number of amides is 1. The first-order valence-electron chi connectivity index (χ1n) is 9.49. The maximum absolute atomic E-state index is 12.0. The molecule has 1 saturated carbocycles. The molecule has 0 saturated heterocycles. The molecule has 0 spiro atoms. The molecule has 6 heteroatoms. The van der Waals surface area contributed by atoms with Gasteiger partial charge in [-0.3, -0.25) is 4.79 Å². The second kappa shape index (κ2) is 7.28. The quantitative estimate of drug-likeness (QED) is 0.688. The van der Waals surface area contributed by atoms with Crippen LogP contribution in [0.3, 0.4) is 0 Å². The molecule has 1 aliphatic heterocycles. The van der Waals surface area contributed by atoms with E-state index >= 15 is 0 Å². The Hall–Kier alpha value is -2.86. The third-order valence-electron chi connectivity index (χ3n) is 5.32. The number of fused-ring (bicyclic) bond motifs is 1. The molecule has 1 fully saturated rings. The van der Waals surface area contributed by atoms with Crippen molar-refractivity contribution in [3.63, 3.8) is 0 Å². The number of nitrogens with zero attached hydrogens (tertiary/aromatic N) is 1. The second-order valence-corrected chi connectivity index (χ2v) is 8.01. The minimum absolute atomic E-state index is 0.184. The Labute approximate surface area is 167 Å². The largest absolute Gasteiger partial charge is 0.454 e. The lowest BCUT2D eigenvalue weighted by Gasteiger charge is -2.24. The topological polar surface area (TPSA) is 60.5 Å². The summed E-state index contributed by atoms with van der Waals surface area (Å²) in [6.45, 7) is 0.852. The molecule has 0 unspecified atom stereocenters. The normalized spacial score (nSPS) is 15.3. The zero-order valence-corrected chi connectivity index (χ0v) is 16.1. The Morgan fingerprint density at radius 2 is 1.86 bits per heavy atom. The van der Waals surface area contributed by atoms with Crippen molar-refractivity contribution in [2.75, 3.05) is 6.79 Å². The van der Waals surface area contributed by atoms with Crippen LogP contribution < -0.4 is 14.8 Å². The van der Waals surface area contributed by atoms with Gasteiger partial charge < -0.3 is 14.8 Å². The molecule has 2 heterocycles. The van der Waals surface area contributed by atoms with Gasteiger partial charge in [0.15, 0.2) is 11.5 Å². The van der Waals surface area contributed by atoms with Crippen LogP contribution in [0.25, 0.3) is 21.8 Å². The van der Waals surface area contributed by atoms with Gasteiger partial charge in [0.25, 0.3) is 0 Å². The summed E-state index contributed by atoms with van der Waals surface area (Å²) in [7, 11) is 0. The van der Waals surface area contributed by atoms with Crippen LogP contribution in [-0.2, 0) is 11.3 Å². The summed E-state index contributed by atoms with van der Waals surface area (Å²) in [5.41, 5.74) is 4.12. The monoisotopic (exact) mass is 392 g/mol. The van der Waals surface area contributed by atoms with Crippen molar-refractivity contribution < 1.29 is 14.3 Å². The smallest absolute Gasteiger partial charge is 0.231 e. The molecule has 142 valence electrons. The highest BCUT2D eigenvalue weighted by molar-refractivity contribution is 7.13. The van der Waals surface area contributed by atoms with Crippen LogP contribution in [0.1, 0.15) is 24.8 Å². The highest BCUT2D eigenvalue weighted by Gasteiger charge is 2.24. The molecule has 0 bridgehead atoms. The van der Waals surface area contributed by atoms with Gasteiger partial charge in [0.2, 0.25) is 12.7 Å². The van der Waals surface area contributed by atoms with Crippen molar-refractivity contribution in [1.29, 1.82) is 0 Å². The van der Waals surface area contributed by atoms with Gasteiger partial charge >= 0.3 is 0 Å². The van der Waals surface area contributed by atoms with Crippen LogP contribution in [0.2, 0.25) is 0 Å². The highest BCUT2D eigenvalue weighted by Crippen LogP contribution is 2.37. The van der Waals surface area contributed by atoms with Crippen LogP contribution >= 0.6 is 11.3 Å². The summed E-state index contributed by atoms with van der Waals surface area (Å²) in [6, 6.07) is 14.1. The summed E-state index contributed by atoms with van der Waals surface area (Å²) < 4.78 is 10.8. The summed E-state index contributed by atoms with van der Waals surface area (Å²) in [5, 5.41) is 6.06. The summed E-state index contributed by atoms with van der Waals surface area (Å²) in [4.78, 5) is 16.7. The van der Waals surface area contributed by atoms with E-state index in [-0.39, 0.29) is 18.6 Å². The molecule has 3 aromatic rings. The lowest BCUT2D eigenvalue weighted by atomic mass is 9.85. The van der Waals surface area contributed by atoms with E-state index in [0.717, 1.165) is 51.7 Å². The third kappa shape index (κ3) is 3.36. The van der Waals surface area contributed by atoms with Crippen molar-refractivity contribution in [3.05, 3.63) is 53.4 Å². The third-order valence-corrected chi connectivity index (χ3v) is 6.21. The zero-order valence-electron chi connectivity index (χ0n) is 15.3. The van der Waals surface area contributed by atoms with Gasteiger partial charge in [-0.2, -0.15) is 0 Å². The number of benzene rings is 2. The van der Waals surface area contributed by atoms with Gasteiger partial charge in [-0.1, -0.05) is 30.7 Å². The standard InChI is InChI=1S/C22H20N2O3S/c25-21(15-2-1-3-15)23-11-14-4-6-16(7-5-14)22-24-18(12-28-22)17-8-9-19-20(10-17)27-13-26-19/h4-10,12,15H,1-3,11,13H2,(H,23,25). The molecule has 5 rings (SSSR count). The first kappa shape index (κ1) is 17.3. The number of hydrogen-bond acceptors (Lipinski definition) is 5. The fourth-order valence-corrected chi connectivity index (χ4v) is 4.20. The number of carbonyl (C=O) groups excluding carboxylic acids is 1. The average Bonchev–Trinajstić information content (AvgIpc) is 3.34. The molecule has 0 atom stereocenters. The summed E-state index contributed by atoms with van der Waals surface area (Å²) >= 11 is 1.62. The molecular formula is C22H20N2O3S. The maximum atomic E-state index is 12.0. The number of nitrogens with one attached hydrogen (secondary N) is 1. The summed E-state index contributed by atoms with van der Waals surface area (Å²) in [5.74, 6) is 1.95. The zero-order chi connectivity index (χ0) is 18.9. The van der Waals surface area contributed by atoms with Gasteiger partial charge in [-0.05, 0) is 36.6 Å². The molecular weight excluding hydrogens is 372 g/mol. The van der Waals surface area contributed by atoms with E-state index in [1.807, 2.05) is 18.2 Å². The SMILES string of the molecule is O=C(NCc1ccc(-c2nc(-c3ccc4c(c3)OCO4)cs2)cc1)C1CCC1. The van der Waals surface area contributed by atoms with Crippen molar-refractivity contribution in [3.8, 4) is 33.3 Å². The minimum Gasteiger partial charge on any atom is -0.454 e. The van der Waals surface area contributed by atoms with Gasteiger partial charge in [-0.15, -0.1) is 11.3 Å². The minimum atomic E-state index is 0.184. The Morgan fingerprint density at radius 3 is 2.64 bits per heavy atom. The van der Waals surface area contributed by atoms with Gasteiger partial charge in [0.05, 0.1) is 5.69 Å². The number of hydrogen-bond donors (Lipinski definition) is 1. The van der Waals surface area contributed by atoms with Crippen LogP contribution in [0, 0.1) is 5.92 Å². The van der Waals surface area contributed by atoms with E-state index in [2.05, 4.69) is 35.0 Å². The predicted octanol–water partition coefficient (Wildman–Crippen LogP) is 4.62. The highest BCUT2D eigenvalue weighted by atomic mass is 32.1. The molecule has 1 aliphatic carbocycles. The first-order valence-corrected chi connectivity index (χ1v) is 10.4. The lowest BCUT2D eigenvalue weighted by Crippen LogP contribution is -2.33. The van der Waals surface area contributed by atoms with Crippen molar-refractivity contribution in [1.82, 2.24) is 10.3 Å². The van der Waals surface area contributed by atoms with Crippen LogP contribution in [0.15, 0.2) is 47.8 Å². The number of carbonyl (C=O) groups is 1. The predicted molar refractivity (Wildman–Crippen MR) is 108 cm³/mol. The van der Waals surface area contributed by atoms with Gasteiger partial charge in [0.1, 0.15) is 5.01 Å². The van der Waals surface area contributed by atoms with Crippen LogP contribution in [0.4, 0.5) is 0 Å². The van der Waals surface area contributed by atoms with E-state index in [9.17, 15) is 4.79 Å². The van der Waals surface area contributed by atoms with E-state index in [1.165, 1.54) is 6.42 Å². The molecule has 1 amide bonds. The molecule has 28 heavy (non-hydrogen) atoms. The van der Waals surface area contributed by atoms with E-state index < -0.39 is 0 Å². The second-order valence-electron chi connectivity index (χ2n) is 7.15. The van der Waals surface area contributed by atoms with Crippen molar-refractivity contribution >= 4 is 17.2 Å². The molecule has 1 N–H and O–H groups in total. The lowest BCUT2D eigenvalue weighted by molar-refractivity contribution is -0.127. The van der Waals surface area contributed by atoms with Crippen molar-refractivity contribution in [2.45, 2.75) is 25.8 Å². The fraction of sp³-hybridized carbons (Fsp3) is 0.273. The van der Waals surface area contributed by atoms with Gasteiger partial charge in [0, 0.05) is 29.0 Å². The maximum Gasteiger partial charge on any atom is 0.231 e. The number of ether oxygens (including phenoxy) is 2. The Balaban J connectivity index is 1.27. The molecule has 2 aliphatic rings. The molecule has 0 radical (unpaired) electrons. The molecule has 5 nitrogen and oxygen atoms in total. The summed E-state index contributed by atoms with van der Waals surface area (Å²) in [6.07, 6.45) is 3.23. The van der Waals surface area contributed by atoms with E-state index in [0.29, 0.717) is 6.54 Å². The fourth-order valence-electron chi connectivity index (χ4n) is 3.36. The molecule has 2 aromatic carbocycles. The first-order chi connectivity index (χ1) is 13.8. The van der Waals surface area contributed by atoms with Crippen molar-refractivity contribution in [2.24, 2.45) is 5.92 Å². The Bertz CT molecular complexity index is 1010. The van der Waals surface area contributed by atoms with E-state index in [1.54, 1.807) is 11.3 Å². The Kier molecular flexibility index (Phi) is 4.49. The van der Waals surface area contributed by atoms with Crippen LogP contribution in [0.5, 0.6) is 11.5 Å². The number of thiazole rings is 1. The number of rotatable bonds is 5. The average molecular weight is 392 g/mol. The molecule has 1 aromatic heterocycles. The number of aromatic nitrogens is 1. The van der Waals surface area contributed by atoms with Gasteiger partial charge in [-0.25, -0.2) is 4.98 Å².